The number of amides is 2. The molecule has 5 aromatic carbocycles. The minimum absolute atomic E-state index is 0.0409. The summed E-state index contributed by atoms with van der Waals surface area (Å²) < 4.78 is 38.8. The molecular formula is C48H56N3O8P. The van der Waals surface area contributed by atoms with Gasteiger partial charge in [-0.25, -0.2) is 9.46 Å². The second kappa shape index (κ2) is 20.8. The minimum Gasteiger partial charge on any atom is -0.497 e. The van der Waals surface area contributed by atoms with Gasteiger partial charge in [-0.05, 0) is 90.9 Å². The number of fused-ring (bicyclic) bond motifs is 3. The molecule has 0 radical (unpaired) electrons. The normalized spacial score (nSPS) is 13.4. The first-order valence-corrected chi connectivity index (χ1v) is 21.4. The zero-order valence-electron chi connectivity index (χ0n) is 35.4. The molecule has 0 aliphatic heterocycles. The summed E-state index contributed by atoms with van der Waals surface area (Å²) in [7, 11) is 3.31. The molecule has 0 fully saturated rings. The van der Waals surface area contributed by atoms with E-state index in [0.717, 1.165) is 38.9 Å². The largest absolute Gasteiger partial charge is 0.497 e. The lowest BCUT2D eigenvalue weighted by Gasteiger charge is -2.39. The number of nitrogens with zero attached hydrogens (tertiary/aromatic N) is 1. The van der Waals surface area contributed by atoms with E-state index in [0.29, 0.717) is 11.5 Å². The molecule has 60 heavy (non-hydrogen) atoms. The van der Waals surface area contributed by atoms with E-state index < -0.39 is 32.2 Å². The van der Waals surface area contributed by atoms with Crippen LogP contribution in [0.5, 0.6) is 11.5 Å². The molecule has 0 aromatic heterocycles. The van der Waals surface area contributed by atoms with Crippen LogP contribution < -0.4 is 20.1 Å². The number of hydrogen-bond acceptors (Lipinski definition) is 9. The molecule has 11 nitrogen and oxygen atoms in total. The Bertz CT molecular complexity index is 2050. The fourth-order valence-electron chi connectivity index (χ4n) is 7.80. The van der Waals surface area contributed by atoms with Crippen LogP contribution in [0.4, 0.5) is 4.79 Å². The van der Waals surface area contributed by atoms with Crippen LogP contribution in [-0.2, 0) is 28.9 Å². The zero-order valence-corrected chi connectivity index (χ0v) is 36.3. The second-order valence-corrected chi connectivity index (χ2v) is 16.5. The monoisotopic (exact) mass is 833 g/mol. The smallest absolute Gasteiger partial charge is 0.407 e. The molecular weight excluding hydrogens is 778 g/mol. The fraction of sp³-hybridized carbons (Fsp3) is 0.333. The van der Waals surface area contributed by atoms with Crippen LogP contribution in [0.15, 0.2) is 127 Å². The highest BCUT2D eigenvalue weighted by atomic mass is 31.2. The lowest BCUT2D eigenvalue weighted by molar-refractivity contribution is -0.121. The van der Waals surface area contributed by atoms with Gasteiger partial charge in [-0.15, -0.1) is 0 Å². The van der Waals surface area contributed by atoms with E-state index in [2.05, 4.69) is 67.3 Å². The summed E-state index contributed by atoms with van der Waals surface area (Å²) in [6.45, 7) is 8.32. The van der Waals surface area contributed by atoms with Crippen molar-refractivity contribution >= 4 is 20.5 Å². The first-order valence-electron chi connectivity index (χ1n) is 20.2. The minimum atomic E-state index is -1.58. The quantitative estimate of drug-likeness (QED) is 0.0586. The van der Waals surface area contributed by atoms with Crippen LogP contribution >= 0.6 is 8.53 Å². The summed E-state index contributed by atoms with van der Waals surface area (Å²) in [5, 5.41) is 5.59. The standard InChI is InChI=1S/C48H56N3O8P/c1-33(2)51(34(3)4)60(56-7)59-40(29-49-46(52)30-50-47(53)57-32-45-43-19-13-11-17-41(43)42-18-12-14-20-44(42)45)31-58-48(35-15-9-8-10-16-35,36-21-25-38(54-5)26-22-36)37-23-27-39(55-6)28-24-37/h8-28,33-34,40,45H,29-32H2,1-7H3,(H,49,52)(H,50,53). The van der Waals surface area contributed by atoms with Gasteiger partial charge in [-0.3, -0.25) is 4.79 Å². The number of benzene rings is 5. The van der Waals surface area contributed by atoms with Gasteiger partial charge in [0.05, 0.1) is 27.4 Å². The number of nitrogens with one attached hydrogen (secondary N) is 2. The zero-order chi connectivity index (χ0) is 42.6. The van der Waals surface area contributed by atoms with E-state index in [1.54, 1.807) is 21.3 Å². The Hall–Kier alpha value is -5.29. The van der Waals surface area contributed by atoms with Crippen LogP contribution in [0.25, 0.3) is 11.1 Å². The molecule has 2 unspecified atom stereocenters. The van der Waals surface area contributed by atoms with Crippen molar-refractivity contribution in [3.05, 3.63) is 155 Å². The first-order chi connectivity index (χ1) is 29.1. The van der Waals surface area contributed by atoms with Crippen molar-refractivity contribution in [1.82, 2.24) is 15.3 Å². The number of methoxy groups -OCH3 is 2. The Morgan fingerprint density at radius 1 is 0.667 bits per heavy atom. The Labute approximate surface area is 355 Å². The Balaban J connectivity index is 1.21. The molecule has 0 bridgehead atoms. The molecule has 12 heteroatoms. The number of hydrogen-bond donors (Lipinski definition) is 2. The number of rotatable bonds is 20. The van der Waals surface area contributed by atoms with Crippen LogP contribution in [-0.4, -0.2) is 82.5 Å². The average molecular weight is 834 g/mol. The molecule has 0 saturated heterocycles. The van der Waals surface area contributed by atoms with Gasteiger partial charge in [0, 0.05) is 31.7 Å². The maximum absolute atomic E-state index is 13.4. The first kappa shape index (κ1) is 44.3. The number of ether oxygens (including phenoxy) is 4. The number of carbonyl (C=O) groups is 2. The summed E-state index contributed by atoms with van der Waals surface area (Å²) in [6.07, 6.45) is -1.36. The van der Waals surface area contributed by atoms with E-state index in [-0.39, 0.29) is 44.3 Å². The Morgan fingerprint density at radius 3 is 1.67 bits per heavy atom. The maximum Gasteiger partial charge on any atom is 0.407 e. The third-order valence-electron chi connectivity index (χ3n) is 10.6. The maximum atomic E-state index is 13.4. The van der Waals surface area contributed by atoms with Gasteiger partial charge in [0.25, 0.3) is 8.53 Å². The SMILES string of the molecule is COc1ccc(C(OCC(CNC(=O)CNC(=O)OCC2c3ccccc3-c3ccccc32)OP(OC)N(C(C)C)C(C)C)(c2ccccc2)c2ccc(OC)cc2)cc1. The molecule has 0 saturated carbocycles. The van der Waals surface area contributed by atoms with Crippen LogP contribution in [0.2, 0.25) is 0 Å². The number of alkyl carbamates (subject to hydrolysis) is 1. The predicted molar refractivity (Wildman–Crippen MR) is 235 cm³/mol. The van der Waals surface area contributed by atoms with E-state index in [9.17, 15) is 9.59 Å². The van der Waals surface area contributed by atoms with Crippen molar-refractivity contribution < 1.29 is 37.6 Å². The summed E-state index contributed by atoms with van der Waals surface area (Å²) in [4.78, 5) is 26.4. The highest BCUT2D eigenvalue weighted by Crippen LogP contribution is 2.48. The van der Waals surface area contributed by atoms with Gasteiger partial charge in [0.15, 0.2) is 0 Å². The van der Waals surface area contributed by atoms with Gasteiger partial charge >= 0.3 is 6.09 Å². The predicted octanol–water partition coefficient (Wildman–Crippen LogP) is 9.04. The molecule has 316 valence electrons. The Morgan fingerprint density at radius 2 is 1.17 bits per heavy atom. The molecule has 1 aliphatic carbocycles. The summed E-state index contributed by atoms with van der Waals surface area (Å²) in [5.74, 6) is 0.905. The summed E-state index contributed by atoms with van der Waals surface area (Å²) in [6, 6.07) is 42.1. The van der Waals surface area contributed by atoms with Crippen molar-refractivity contribution in [3.8, 4) is 22.6 Å². The summed E-state index contributed by atoms with van der Waals surface area (Å²) >= 11 is 0. The molecule has 6 rings (SSSR count). The highest BCUT2D eigenvalue weighted by molar-refractivity contribution is 7.44. The van der Waals surface area contributed by atoms with E-state index in [1.807, 2.05) is 103 Å². The molecule has 0 heterocycles. The van der Waals surface area contributed by atoms with Gasteiger partial charge in [-0.2, -0.15) is 0 Å². The van der Waals surface area contributed by atoms with Gasteiger partial charge < -0.3 is 38.6 Å². The van der Waals surface area contributed by atoms with Crippen molar-refractivity contribution in [3.63, 3.8) is 0 Å². The summed E-state index contributed by atoms with van der Waals surface area (Å²) in [5.41, 5.74) is 5.97. The van der Waals surface area contributed by atoms with Crippen LogP contribution in [0, 0.1) is 0 Å². The van der Waals surface area contributed by atoms with Gasteiger partial charge in [0.2, 0.25) is 5.91 Å². The van der Waals surface area contributed by atoms with Crippen molar-refractivity contribution in [2.24, 2.45) is 0 Å². The van der Waals surface area contributed by atoms with Crippen molar-refractivity contribution in [2.75, 3.05) is 47.6 Å². The lowest BCUT2D eigenvalue weighted by atomic mass is 9.80. The van der Waals surface area contributed by atoms with Crippen molar-refractivity contribution in [2.45, 2.75) is 57.4 Å². The number of carbonyl (C=O) groups excluding carboxylic acids is 2. The fourth-order valence-corrected chi connectivity index (χ4v) is 9.33. The highest BCUT2D eigenvalue weighted by Gasteiger charge is 2.40. The topological polar surface area (TPSA) is 117 Å². The second-order valence-electron chi connectivity index (χ2n) is 15.0. The van der Waals surface area contributed by atoms with Crippen LogP contribution in [0.1, 0.15) is 61.4 Å². The molecule has 5 aromatic rings. The molecule has 2 amide bonds. The molecule has 0 spiro atoms. The third-order valence-corrected chi connectivity index (χ3v) is 12.7. The molecule has 2 atom stereocenters. The average Bonchev–Trinajstić information content (AvgIpc) is 3.60. The lowest BCUT2D eigenvalue weighted by Crippen LogP contribution is -2.44. The molecule has 2 N–H and O–H groups in total. The molecule has 1 aliphatic rings. The van der Waals surface area contributed by atoms with E-state index in [4.69, 9.17) is 28.0 Å². The van der Waals surface area contributed by atoms with Crippen LogP contribution in [0.3, 0.4) is 0 Å². The Kier molecular flexibility index (Phi) is 15.3. The van der Waals surface area contributed by atoms with Crippen molar-refractivity contribution in [1.29, 1.82) is 0 Å². The van der Waals surface area contributed by atoms with E-state index >= 15 is 0 Å². The van der Waals surface area contributed by atoms with E-state index in [1.165, 1.54) is 0 Å². The van der Waals surface area contributed by atoms with Gasteiger partial charge in [0.1, 0.15) is 29.8 Å². The van der Waals surface area contributed by atoms with Gasteiger partial charge in [-0.1, -0.05) is 103 Å². The third kappa shape index (κ3) is 10.2.